The Morgan fingerprint density at radius 3 is 2.74 bits per heavy atom. The fourth-order valence-corrected chi connectivity index (χ4v) is 3.19. The third-order valence-electron chi connectivity index (χ3n) is 4.52. The summed E-state index contributed by atoms with van der Waals surface area (Å²) in [5.41, 5.74) is 1.03. The van der Waals surface area contributed by atoms with E-state index >= 15 is 0 Å². The molecule has 5 nitrogen and oxygen atoms in total. The van der Waals surface area contributed by atoms with Gasteiger partial charge in [-0.25, -0.2) is 0 Å². The highest BCUT2D eigenvalue weighted by Gasteiger charge is 2.35. The van der Waals surface area contributed by atoms with Crippen LogP contribution in [0.5, 0.6) is 0 Å². The number of amides is 1. The molecule has 1 atom stereocenters. The molecule has 0 saturated heterocycles. The minimum Gasteiger partial charge on any atom is -0.330 e. The molecule has 0 spiro atoms. The van der Waals surface area contributed by atoms with Crippen LogP contribution in [0.15, 0.2) is 36.4 Å². The summed E-state index contributed by atoms with van der Waals surface area (Å²) in [4.78, 5) is 14.3. The van der Waals surface area contributed by atoms with Crippen molar-refractivity contribution in [3.8, 4) is 0 Å². The Hall–Kier alpha value is -2.43. The van der Waals surface area contributed by atoms with Gasteiger partial charge < -0.3 is 9.47 Å². The van der Waals surface area contributed by atoms with Crippen LogP contribution in [0, 0.1) is 0 Å². The van der Waals surface area contributed by atoms with Crippen molar-refractivity contribution in [2.45, 2.75) is 38.3 Å². The molecule has 0 radical (unpaired) electrons. The quantitative estimate of drug-likeness (QED) is 0.819. The van der Waals surface area contributed by atoms with Crippen molar-refractivity contribution in [3.05, 3.63) is 53.6 Å². The Morgan fingerprint density at radius 1 is 1.22 bits per heavy atom. The van der Waals surface area contributed by atoms with E-state index in [0.717, 1.165) is 17.2 Å². The summed E-state index contributed by atoms with van der Waals surface area (Å²) in [5.74, 6) is 2.63. The summed E-state index contributed by atoms with van der Waals surface area (Å²) >= 11 is 0. The number of aromatic nitrogens is 3. The third-order valence-corrected chi connectivity index (χ3v) is 4.52. The molecule has 1 aromatic heterocycles. The van der Waals surface area contributed by atoms with Gasteiger partial charge in [-0.3, -0.25) is 4.79 Å². The van der Waals surface area contributed by atoms with E-state index in [1.54, 1.807) is 6.08 Å². The van der Waals surface area contributed by atoms with Gasteiger partial charge in [0.2, 0.25) is 5.91 Å². The normalized spacial score (nSPS) is 20.7. The number of nitrogens with zero attached hydrogens (tertiary/aromatic N) is 4. The highest BCUT2D eigenvalue weighted by Crippen LogP contribution is 2.40. The zero-order valence-corrected chi connectivity index (χ0v) is 13.2. The number of hydrogen-bond acceptors (Lipinski definition) is 3. The van der Waals surface area contributed by atoms with E-state index in [1.165, 1.54) is 12.8 Å². The molecule has 1 aliphatic heterocycles. The smallest absolute Gasteiger partial charge is 0.247 e. The lowest BCUT2D eigenvalue weighted by Gasteiger charge is -2.32. The Morgan fingerprint density at radius 2 is 2.00 bits per heavy atom. The third kappa shape index (κ3) is 2.79. The number of carbonyl (C=O) groups excluding carboxylic acids is 1. The predicted octanol–water partition coefficient (Wildman–Crippen LogP) is 2.77. The highest BCUT2D eigenvalue weighted by molar-refractivity contribution is 5.91. The molecule has 2 heterocycles. The van der Waals surface area contributed by atoms with Crippen LogP contribution in [0.4, 0.5) is 0 Å². The number of rotatable bonds is 3. The SMILES string of the molecule is C[C@H]1CN(C(=O)C=Cc2ccccc2)Cc2nnc(C3CC3)n21. The van der Waals surface area contributed by atoms with E-state index in [1.807, 2.05) is 41.3 Å². The highest BCUT2D eigenvalue weighted by atomic mass is 16.2. The first kappa shape index (κ1) is 14.2. The molecule has 0 N–H and O–H groups in total. The van der Waals surface area contributed by atoms with Crippen LogP contribution in [0.3, 0.4) is 0 Å². The predicted molar refractivity (Wildman–Crippen MR) is 87.6 cm³/mol. The van der Waals surface area contributed by atoms with Crippen LogP contribution >= 0.6 is 0 Å². The van der Waals surface area contributed by atoms with E-state index in [2.05, 4.69) is 21.7 Å². The first-order chi connectivity index (χ1) is 11.2. The molecule has 1 amide bonds. The van der Waals surface area contributed by atoms with Gasteiger partial charge in [0.15, 0.2) is 5.82 Å². The summed E-state index contributed by atoms with van der Waals surface area (Å²) in [5, 5.41) is 8.67. The molecule has 2 aliphatic rings. The van der Waals surface area contributed by atoms with Crippen LogP contribution in [-0.4, -0.2) is 32.1 Å². The summed E-state index contributed by atoms with van der Waals surface area (Å²) < 4.78 is 2.24. The maximum atomic E-state index is 12.5. The molecule has 5 heteroatoms. The Bertz CT molecular complexity index is 746. The monoisotopic (exact) mass is 308 g/mol. The van der Waals surface area contributed by atoms with Gasteiger partial charge in [0.1, 0.15) is 5.82 Å². The first-order valence-corrected chi connectivity index (χ1v) is 8.18. The van der Waals surface area contributed by atoms with E-state index in [-0.39, 0.29) is 11.9 Å². The molecule has 0 unspecified atom stereocenters. The van der Waals surface area contributed by atoms with Gasteiger partial charge in [-0.05, 0) is 31.4 Å². The molecule has 2 aromatic rings. The Labute approximate surface area is 135 Å². The van der Waals surface area contributed by atoms with Crippen LogP contribution in [-0.2, 0) is 11.3 Å². The molecule has 0 bridgehead atoms. The van der Waals surface area contributed by atoms with Crippen LogP contribution in [0.2, 0.25) is 0 Å². The molecule has 23 heavy (non-hydrogen) atoms. The molecule has 118 valence electrons. The molecule has 1 aromatic carbocycles. The second kappa shape index (κ2) is 5.65. The van der Waals surface area contributed by atoms with Crippen molar-refractivity contribution >= 4 is 12.0 Å². The fourth-order valence-electron chi connectivity index (χ4n) is 3.19. The lowest BCUT2D eigenvalue weighted by atomic mass is 10.2. The maximum Gasteiger partial charge on any atom is 0.247 e. The number of carbonyl (C=O) groups is 1. The van der Waals surface area contributed by atoms with Crippen molar-refractivity contribution in [1.29, 1.82) is 0 Å². The molecule has 4 rings (SSSR count). The second-order valence-electron chi connectivity index (χ2n) is 6.43. The lowest BCUT2D eigenvalue weighted by Crippen LogP contribution is -2.40. The maximum absolute atomic E-state index is 12.5. The lowest BCUT2D eigenvalue weighted by molar-refractivity contribution is -0.127. The summed E-state index contributed by atoms with van der Waals surface area (Å²) in [6.45, 7) is 3.39. The minimum atomic E-state index is 0.0305. The minimum absolute atomic E-state index is 0.0305. The molecule has 1 aliphatic carbocycles. The average Bonchev–Trinajstić information content (AvgIpc) is 3.33. The largest absolute Gasteiger partial charge is 0.330 e. The van der Waals surface area contributed by atoms with Gasteiger partial charge in [0, 0.05) is 18.5 Å². The molecule has 1 fully saturated rings. The second-order valence-corrected chi connectivity index (χ2v) is 6.43. The first-order valence-electron chi connectivity index (χ1n) is 8.18. The van der Waals surface area contributed by atoms with Crippen LogP contribution < -0.4 is 0 Å². The topological polar surface area (TPSA) is 51.0 Å². The number of fused-ring (bicyclic) bond motifs is 1. The number of hydrogen-bond donors (Lipinski definition) is 0. The standard InChI is InChI=1S/C18H20N4O/c1-13-11-21(17(23)10-7-14-5-3-2-4-6-14)12-16-19-20-18(22(13)16)15-8-9-15/h2-7,10,13,15H,8-9,11-12H2,1H3/t13-/m0/s1. The van der Waals surface area contributed by atoms with Crippen molar-refractivity contribution in [3.63, 3.8) is 0 Å². The van der Waals surface area contributed by atoms with E-state index in [0.29, 0.717) is 19.0 Å². The van der Waals surface area contributed by atoms with Crippen molar-refractivity contribution < 1.29 is 4.79 Å². The van der Waals surface area contributed by atoms with Crippen molar-refractivity contribution in [1.82, 2.24) is 19.7 Å². The van der Waals surface area contributed by atoms with Gasteiger partial charge in [0.05, 0.1) is 12.6 Å². The van der Waals surface area contributed by atoms with Gasteiger partial charge in [-0.15, -0.1) is 10.2 Å². The van der Waals surface area contributed by atoms with E-state index in [9.17, 15) is 4.79 Å². The van der Waals surface area contributed by atoms with Gasteiger partial charge in [-0.1, -0.05) is 30.3 Å². The fraction of sp³-hybridized carbons (Fsp3) is 0.389. The average molecular weight is 308 g/mol. The van der Waals surface area contributed by atoms with Gasteiger partial charge in [0.25, 0.3) is 0 Å². The Kier molecular flexibility index (Phi) is 3.48. The van der Waals surface area contributed by atoms with Gasteiger partial charge >= 0.3 is 0 Å². The zero-order chi connectivity index (χ0) is 15.8. The van der Waals surface area contributed by atoms with Crippen LogP contribution in [0.1, 0.15) is 48.9 Å². The van der Waals surface area contributed by atoms with E-state index in [4.69, 9.17) is 0 Å². The summed E-state index contributed by atoms with van der Waals surface area (Å²) in [6.07, 6.45) is 5.94. The summed E-state index contributed by atoms with van der Waals surface area (Å²) in [7, 11) is 0. The zero-order valence-electron chi connectivity index (χ0n) is 13.2. The molecule has 1 saturated carbocycles. The Balaban J connectivity index is 1.50. The number of benzene rings is 1. The van der Waals surface area contributed by atoms with Crippen molar-refractivity contribution in [2.75, 3.05) is 6.54 Å². The van der Waals surface area contributed by atoms with Crippen LogP contribution in [0.25, 0.3) is 6.08 Å². The van der Waals surface area contributed by atoms with Gasteiger partial charge in [-0.2, -0.15) is 0 Å². The molecular formula is C18H20N4O. The molecular weight excluding hydrogens is 288 g/mol. The van der Waals surface area contributed by atoms with Crippen molar-refractivity contribution in [2.24, 2.45) is 0 Å². The van der Waals surface area contributed by atoms with E-state index < -0.39 is 0 Å². The summed E-state index contributed by atoms with van der Waals surface area (Å²) in [6, 6.07) is 10.1.